The molecule has 0 aliphatic heterocycles. The van der Waals surface area contributed by atoms with Gasteiger partial charge < -0.3 is 29.2 Å². The molecule has 0 spiro atoms. The Bertz CT molecular complexity index is 1420. The molecule has 2 heterocycles. The number of amides is 1. The Morgan fingerprint density at radius 2 is 1.98 bits per heavy atom. The number of carboxylic acids is 1. The van der Waals surface area contributed by atoms with E-state index >= 15 is 4.39 Å². The molecule has 0 aliphatic carbocycles. The highest BCUT2D eigenvalue weighted by Gasteiger charge is 2.25. The highest BCUT2D eigenvalue weighted by molar-refractivity contribution is 8.32. The molecule has 2 N–H and O–H groups in total. The lowest BCUT2D eigenvalue weighted by molar-refractivity contribution is -0.139. The number of halogens is 1. The second kappa shape index (κ2) is 12.5. The summed E-state index contributed by atoms with van der Waals surface area (Å²) in [5, 5.41) is 21.8. The molecule has 0 radical (unpaired) electrons. The van der Waals surface area contributed by atoms with Crippen molar-refractivity contribution in [2.24, 2.45) is 0 Å². The molecule has 0 fully saturated rings. The molecule has 2 aromatic heterocycles. The largest absolute Gasteiger partial charge is 0.480 e. The van der Waals surface area contributed by atoms with Crippen LogP contribution in [0.15, 0.2) is 30.7 Å². The molecule has 11 nitrogen and oxygen atoms in total. The molecule has 3 aromatic rings. The Kier molecular flexibility index (Phi) is 9.60. The smallest absolute Gasteiger partial charge is 0.408 e. The maximum atomic E-state index is 15.0. The molecule has 3 rings (SSSR count). The van der Waals surface area contributed by atoms with E-state index in [1.807, 2.05) is 0 Å². The fourth-order valence-electron chi connectivity index (χ4n) is 3.57. The van der Waals surface area contributed by atoms with Gasteiger partial charge in [0.15, 0.2) is 17.2 Å². The van der Waals surface area contributed by atoms with Crippen LogP contribution in [-0.2, 0) is 27.4 Å². The second-order valence-corrected chi connectivity index (χ2v) is 15.5. The van der Waals surface area contributed by atoms with E-state index in [-0.39, 0.29) is 30.3 Å². The highest BCUT2D eigenvalue weighted by Crippen LogP contribution is 2.34. The average molecular weight is 576 g/mol. The number of carbonyl (C=O) groups excluding carboxylic acids is 1. The van der Waals surface area contributed by atoms with Crippen LogP contribution in [0.4, 0.5) is 9.18 Å². The van der Waals surface area contributed by atoms with E-state index in [1.54, 1.807) is 31.5 Å². The monoisotopic (exact) mass is 575 g/mol. The molecule has 1 amide bonds. The van der Waals surface area contributed by atoms with Crippen LogP contribution < -0.4 is 10.1 Å². The van der Waals surface area contributed by atoms with Gasteiger partial charge in [0.1, 0.15) is 30.8 Å². The number of alkyl carbamates (subject to hydrolysis) is 1. The molecule has 40 heavy (non-hydrogen) atoms. The number of ether oxygens (including phenoxy) is 3. The van der Waals surface area contributed by atoms with E-state index in [1.165, 1.54) is 18.5 Å². The number of aliphatic carboxylic acids is 1. The second-order valence-electron chi connectivity index (χ2n) is 10.9. The molecule has 1 atom stereocenters. The van der Waals surface area contributed by atoms with Crippen molar-refractivity contribution < 1.29 is 33.3 Å². The number of hydrogen-bond acceptors (Lipinski definition) is 8. The third-order valence-corrected chi connectivity index (χ3v) is 6.83. The lowest BCUT2D eigenvalue weighted by Gasteiger charge is -2.24. The molecule has 0 aliphatic rings. The minimum atomic E-state index is -1.34. The van der Waals surface area contributed by atoms with Crippen LogP contribution in [0.1, 0.15) is 31.9 Å². The first-order valence-electron chi connectivity index (χ1n) is 12.3. The topological polar surface area (TPSA) is 149 Å². The fourth-order valence-corrected chi connectivity index (χ4v) is 4.19. The van der Waals surface area contributed by atoms with Gasteiger partial charge in [0.2, 0.25) is 5.88 Å². The summed E-state index contributed by atoms with van der Waals surface area (Å²) in [7, 11) is -0.713. The van der Waals surface area contributed by atoms with E-state index in [2.05, 4.69) is 40.1 Å². The normalized spacial score (nSPS) is 12.9. The Morgan fingerprint density at radius 1 is 1.25 bits per heavy atom. The van der Waals surface area contributed by atoms with Crippen LogP contribution in [0.5, 0.6) is 11.6 Å². The molecule has 13 heteroatoms. The minimum absolute atomic E-state index is 0.0129. The number of fused-ring (bicyclic) bond motifs is 1. The molecule has 0 saturated heterocycles. The van der Waals surface area contributed by atoms with E-state index in [0.717, 1.165) is 11.8 Å². The third-order valence-electron chi connectivity index (χ3n) is 5.44. The minimum Gasteiger partial charge on any atom is -0.480 e. The van der Waals surface area contributed by atoms with Crippen molar-refractivity contribution in [3.8, 4) is 17.7 Å². The van der Waals surface area contributed by atoms with Crippen molar-refractivity contribution in [1.82, 2.24) is 19.9 Å². The summed E-state index contributed by atoms with van der Waals surface area (Å²) >= 11 is 0. The van der Waals surface area contributed by atoms with Gasteiger partial charge in [0.25, 0.3) is 0 Å². The fraction of sp³-hybridized carbons (Fsp3) is 0.444. The number of nitriles is 1. The highest BCUT2D eigenvalue weighted by atomic mass is 32.3. The first kappa shape index (κ1) is 30.6. The predicted molar refractivity (Wildman–Crippen MR) is 149 cm³/mol. The van der Waals surface area contributed by atoms with E-state index in [4.69, 9.17) is 14.2 Å². The van der Waals surface area contributed by atoms with Gasteiger partial charge in [-0.2, -0.15) is 5.26 Å². The number of carboxylic acid groups (broad SMARTS) is 1. The van der Waals surface area contributed by atoms with Crippen molar-refractivity contribution >= 4 is 33.1 Å². The Labute approximate surface area is 233 Å². The van der Waals surface area contributed by atoms with E-state index < -0.39 is 39.6 Å². The zero-order valence-electron chi connectivity index (χ0n) is 23.4. The number of aromatic nitrogens is 3. The molecule has 1 aromatic carbocycles. The van der Waals surface area contributed by atoms with Crippen molar-refractivity contribution in [2.45, 2.75) is 45.6 Å². The number of carbonyl (C=O) groups is 2. The molecular formula is C27H34FN5O6S. The number of nitrogens with zero attached hydrogens (tertiary/aromatic N) is 4. The summed E-state index contributed by atoms with van der Waals surface area (Å²) < 4.78 is 33.4. The van der Waals surface area contributed by atoms with Crippen LogP contribution >= 0.6 is 10.0 Å². The summed E-state index contributed by atoms with van der Waals surface area (Å²) in [5.41, 5.74) is 0.139. The Morgan fingerprint density at radius 3 is 2.58 bits per heavy atom. The quantitative estimate of drug-likeness (QED) is 0.317. The maximum absolute atomic E-state index is 15.0. The van der Waals surface area contributed by atoms with Crippen LogP contribution in [0.25, 0.3) is 11.0 Å². The van der Waals surface area contributed by atoms with Gasteiger partial charge in [0, 0.05) is 18.4 Å². The number of nitrogens with one attached hydrogen (secondary N) is 1. The summed E-state index contributed by atoms with van der Waals surface area (Å²) in [6, 6.07) is 4.67. The zero-order chi connectivity index (χ0) is 29.7. The van der Waals surface area contributed by atoms with Gasteiger partial charge in [-0.15, -0.1) is 0 Å². The molecule has 216 valence electrons. The van der Waals surface area contributed by atoms with Crippen LogP contribution in [-0.4, -0.2) is 74.5 Å². The Balaban J connectivity index is 1.78. The molecular weight excluding hydrogens is 541 g/mol. The molecule has 0 bridgehead atoms. The standard InChI is InChI=1S/C27H34FN5O6S/c1-27(2,3)39-26(36)32-20(25(34)35)12-17-7-8-21(19(28)11-17)38-24-22-18(13-29)14-33(23(22)30-15-31-24)16-37-9-10-40(4,5)6/h7-8,11,14-15,20H,9-10,12,16H2,1-6H3,(H,32,36)(H,34,35)/t20-/m0/s1. The van der Waals surface area contributed by atoms with Gasteiger partial charge >= 0.3 is 12.1 Å². The molecule has 0 unspecified atom stereocenters. The first-order chi connectivity index (χ1) is 18.7. The Hall–Kier alpha value is -3.89. The SMILES string of the molecule is CC(C)(C)OC(=O)N[C@@H](Cc1ccc(Oc2ncnc3c2c(C#N)cn3COCCS(C)(C)C)c(F)c1)C(=O)O. The van der Waals surface area contributed by atoms with Crippen molar-refractivity contribution in [2.75, 3.05) is 31.1 Å². The summed E-state index contributed by atoms with van der Waals surface area (Å²) in [4.78, 5) is 32.1. The maximum Gasteiger partial charge on any atom is 0.408 e. The predicted octanol–water partition coefficient (Wildman–Crippen LogP) is 4.42. The summed E-state index contributed by atoms with van der Waals surface area (Å²) in [5.74, 6) is -1.35. The van der Waals surface area contributed by atoms with Gasteiger partial charge in [-0.1, -0.05) is 6.07 Å². The first-order valence-corrected chi connectivity index (χ1v) is 15.4. The van der Waals surface area contributed by atoms with E-state index in [9.17, 15) is 20.0 Å². The van der Waals surface area contributed by atoms with Crippen molar-refractivity contribution in [1.29, 1.82) is 5.26 Å². The van der Waals surface area contributed by atoms with Gasteiger partial charge in [-0.3, -0.25) is 0 Å². The lowest BCUT2D eigenvalue weighted by atomic mass is 10.1. The number of benzene rings is 1. The third kappa shape index (κ3) is 8.56. The van der Waals surface area contributed by atoms with Gasteiger partial charge in [-0.05, 0) is 57.2 Å². The number of hydrogen-bond donors (Lipinski definition) is 2. The molecule has 0 saturated carbocycles. The van der Waals surface area contributed by atoms with Gasteiger partial charge in [-0.25, -0.2) is 34.0 Å². The van der Waals surface area contributed by atoms with Crippen LogP contribution in [0.3, 0.4) is 0 Å². The average Bonchev–Trinajstić information content (AvgIpc) is 3.20. The summed E-state index contributed by atoms with van der Waals surface area (Å²) in [6.45, 7) is 5.69. The van der Waals surface area contributed by atoms with Gasteiger partial charge in [0.05, 0.1) is 17.6 Å². The van der Waals surface area contributed by atoms with Crippen molar-refractivity contribution in [3.63, 3.8) is 0 Å². The van der Waals surface area contributed by atoms with Crippen molar-refractivity contribution in [3.05, 3.63) is 47.7 Å². The number of rotatable bonds is 11. The summed E-state index contributed by atoms with van der Waals surface area (Å²) in [6.07, 6.45) is 8.34. The van der Waals surface area contributed by atoms with Crippen LogP contribution in [0, 0.1) is 17.1 Å². The zero-order valence-corrected chi connectivity index (χ0v) is 24.2. The van der Waals surface area contributed by atoms with Crippen LogP contribution in [0.2, 0.25) is 0 Å². The lowest BCUT2D eigenvalue weighted by Crippen LogP contribution is -2.44. The van der Waals surface area contributed by atoms with E-state index in [0.29, 0.717) is 23.2 Å².